The Kier molecular flexibility index (Phi) is 6.95. The molecule has 106 valence electrons. The third kappa shape index (κ3) is 5.66. The maximum absolute atomic E-state index is 11.9. The fourth-order valence-corrected chi connectivity index (χ4v) is 2.60. The molecule has 4 heteroatoms. The summed E-state index contributed by atoms with van der Waals surface area (Å²) >= 11 is 1.52. The molecular weight excluding hydrogens is 258 g/mol. The smallest absolute Gasteiger partial charge is 0.233 e. The van der Waals surface area contributed by atoms with E-state index in [9.17, 15) is 9.90 Å². The van der Waals surface area contributed by atoms with Gasteiger partial charge < -0.3 is 10.4 Å². The summed E-state index contributed by atoms with van der Waals surface area (Å²) in [7, 11) is 0. The fraction of sp³-hybridized carbons (Fsp3) is 0.533. The highest BCUT2D eigenvalue weighted by atomic mass is 32.2. The van der Waals surface area contributed by atoms with Crippen LogP contribution in [0.15, 0.2) is 29.2 Å². The Morgan fingerprint density at radius 3 is 2.79 bits per heavy atom. The van der Waals surface area contributed by atoms with E-state index >= 15 is 0 Å². The molecule has 0 radical (unpaired) electrons. The number of carbonyl (C=O) groups is 1. The highest BCUT2D eigenvalue weighted by Crippen LogP contribution is 2.26. The van der Waals surface area contributed by atoms with E-state index < -0.39 is 6.10 Å². The van der Waals surface area contributed by atoms with Gasteiger partial charge in [0.15, 0.2) is 0 Å². The predicted molar refractivity (Wildman–Crippen MR) is 80.3 cm³/mol. The topological polar surface area (TPSA) is 49.3 Å². The molecule has 0 heterocycles. The minimum atomic E-state index is -0.478. The van der Waals surface area contributed by atoms with Crippen molar-refractivity contribution >= 4 is 17.7 Å². The van der Waals surface area contributed by atoms with E-state index in [4.69, 9.17) is 0 Å². The van der Waals surface area contributed by atoms with Gasteiger partial charge in [0, 0.05) is 11.4 Å². The van der Waals surface area contributed by atoms with Crippen LogP contribution in [-0.4, -0.2) is 22.8 Å². The van der Waals surface area contributed by atoms with E-state index in [-0.39, 0.29) is 11.2 Å². The SMILES string of the molecule is CCCCNC(=O)C(C)Sc1cccc(C(C)O)c1. The average molecular weight is 281 g/mol. The number of thioether (sulfide) groups is 1. The lowest BCUT2D eigenvalue weighted by molar-refractivity contribution is -0.120. The fourth-order valence-electron chi connectivity index (χ4n) is 1.64. The number of aliphatic hydroxyl groups is 1. The first-order chi connectivity index (χ1) is 9.04. The third-order valence-electron chi connectivity index (χ3n) is 2.85. The molecule has 1 aromatic rings. The van der Waals surface area contributed by atoms with Gasteiger partial charge in [-0.3, -0.25) is 4.79 Å². The lowest BCUT2D eigenvalue weighted by atomic mass is 10.1. The molecule has 19 heavy (non-hydrogen) atoms. The number of hydrogen-bond acceptors (Lipinski definition) is 3. The van der Waals surface area contributed by atoms with Gasteiger partial charge in [0.25, 0.3) is 0 Å². The molecule has 3 nitrogen and oxygen atoms in total. The molecule has 1 rings (SSSR count). The number of rotatable bonds is 7. The van der Waals surface area contributed by atoms with Crippen LogP contribution in [0.25, 0.3) is 0 Å². The normalized spacial score (nSPS) is 13.9. The maximum Gasteiger partial charge on any atom is 0.233 e. The molecule has 0 aliphatic heterocycles. The van der Waals surface area contributed by atoms with Crippen molar-refractivity contribution in [2.45, 2.75) is 49.9 Å². The van der Waals surface area contributed by atoms with Crippen LogP contribution in [0.3, 0.4) is 0 Å². The number of nitrogens with one attached hydrogen (secondary N) is 1. The molecule has 0 fully saturated rings. The Morgan fingerprint density at radius 1 is 1.42 bits per heavy atom. The van der Waals surface area contributed by atoms with Gasteiger partial charge in [-0.05, 0) is 38.0 Å². The number of carbonyl (C=O) groups excluding carboxylic acids is 1. The standard InChI is InChI=1S/C15H23NO2S/c1-4-5-9-16-15(18)12(3)19-14-8-6-7-13(10-14)11(2)17/h6-8,10-12,17H,4-5,9H2,1-3H3,(H,16,18). The van der Waals surface area contributed by atoms with E-state index in [1.807, 2.05) is 31.2 Å². The third-order valence-corrected chi connectivity index (χ3v) is 3.95. The summed E-state index contributed by atoms with van der Waals surface area (Å²) in [6.07, 6.45) is 1.62. The van der Waals surface area contributed by atoms with Crippen LogP contribution in [0.2, 0.25) is 0 Å². The molecule has 0 bridgehead atoms. The number of aliphatic hydroxyl groups excluding tert-OH is 1. The van der Waals surface area contributed by atoms with E-state index in [2.05, 4.69) is 12.2 Å². The van der Waals surface area contributed by atoms with Gasteiger partial charge in [-0.15, -0.1) is 11.8 Å². The minimum absolute atomic E-state index is 0.0703. The monoisotopic (exact) mass is 281 g/mol. The summed E-state index contributed by atoms with van der Waals surface area (Å²) in [6.45, 7) is 6.49. The van der Waals surface area contributed by atoms with Crippen molar-refractivity contribution in [1.82, 2.24) is 5.32 Å². The predicted octanol–water partition coefficient (Wildman–Crippen LogP) is 3.14. The van der Waals surface area contributed by atoms with Gasteiger partial charge >= 0.3 is 0 Å². The van der Waals surface area contributed by atoms with E-state index in [0.29, 0.717) is 0 Å². The van der Waals surface area contributed by atoms with Gasteiger partial charge in [-0.25, -0.2) is 0 Å². The van der Waals surface area contributed by atoms with Crippen LogP contribution >= 0.6 is 11.8 Å². The van der Waals surface area contributed by atoms with Gasteiger partial charge in [-0.2, -0.15) is 0 Å². The highest BCUT2D eigenvalue weighted by molar-refractivity contribution is 8.00. The molecular formula is C15H23NO2S. The number of hydrogen-bond donors (Lipinski definition) is 2. The molecule has 0 aliphatic carbocycles. The van der Waals surface area contributed by atoms with Crippen molar-refractivity contribution in [2.75, 3.05) is 6.54 Å². The Bertz CT molecular complexity index is 407. The zero-order valence-electron chi connectivity index (χ0n) is 11.8. The summed E-state index contributed by atoms with van der Waals surface area (Å²) in [5.41, 5.74) is 0.878. The number of unbranched alkanes of at least 4 members (excludes halogenated alkanes) is 1. The summed E-state index contributed by atoms with van der Waals surface area (Å²) in [5.74, 6) is 0.0703. The average Bonchev–Trinajstić information content (AvgIpc) is 2.39. The Morgan fingerprint density at radius 2 is 2.16 bits per heavy atom. The number of amides is 1. The molecule has 2 N–H and O–H groups in total. The molecule has 0 aliphatic rings. The van der Waals surface area contributed by atoms with Crippen molar-refractivity contribution in [2.24, 2.45) is 0 Å². The van der Waals surface area contributed by atoms with Crippen LogP contribution in [0.5, 0.6) is 0 Å². The van der Waals surface area contributed by atoms with Crippen LogP contribution in [0, 0.1) is 0 Å². The van der Waals surface area contributed by atoms with Gasteiger partial charge in [-0.1, -0.05) is 25.5 Å². The zero-order valence-corrected chi connectivity index (χ0v) is 12.7. The first kappa shape index (κ1) is 16.1. The largest absolute Gasteiger partial charge is 0.389 e. The molecule has 1 amide bonds. The molecule has 2 atom stereocenters. The quantitative estimate of drug-likeness (QED) is 0.596. The molecule has 0 saturated heterocycles. The summed E-state index contributed by atoms with van der Waals surface area (Å²) in [6, 6.07) is 7.70. The van der Waals surface area contributed by atoms with Gasteiger partial charge in [0.2, 0.25) is 5.91 Å². The van der Waals surface area contributed by atoms with Crippen molar-refractivity contribution in [3.63, 3.8) is 0 Å². The van der Waals surface area contributed by atoms with Crippen LogP contribution in [0.1, 0.15) is 45.3 Å². The van der Waals surface area contributed by atoms with Gasteiger partial charge in [0.05, 0.1) is 11.4 Å². The molecule has 0 aromatic heterocycles. The first-order valence-corrected chi connectivity index (χ1v) is 7.65. The second kappa shape index (κ2) is 8.23. The molecule has 1 aromatic carbocycles. The lowest BCUT2D eigenvalue weighted by Crippen LogP contribution is -2.31. The second-order valence-electron chi connectivity index (χ2n) is 4.65. The van der Waals surface area contributed by atoms with Crippen molar-refractivity contribution in [3.8, 4) is 0 Å². The van der Waals surface area contributed by atoms with E-state index in [1.165, 1.54) is 11.8 Å². The minimum Gasteiger partial charge on any atom is -0.389 e. The molecule has 0 saturated carbocycles. The van der Waals surface area contributed by atoms with Crippen LogP contribution in [0.4, 0.5) is 0 Å². The molecule has 2 unspecified atom stereocenters. The zero-order chi connectivity index (χ0) is 14.3. The first-order valence-electron chi connectivity index (χ1n) is 6.77. The maximum atomic E-state index is 11.9. The number of benzene rings is 1. The lowest BCUT2D eigenvalue weighted by Gasteiger charge is -2.13. The summed E-state index contributed by atoms with van der Waals surface area (Å²) in [5, 5.41) is 12.4. The summed E-state index contributed by atoms with van der Waals surface area (Å²) in [4.78, 5) is 12.9. The van der Waals surface area contributed by atoms with Crippen LogP contribution < -0.4 is 5.32 Å². The summed E-state index contributed by atoms with van der Waals surface area (Å²) < 4.78 is 0. The molecule has 0 spiro atoms. The van der Waals surface area contributed by atoms with E-state index in [1.54, 1.807) is 6.92 Å². The van der Waals surface area contributed by atoms with E-state index in [0.717, 1.165) is 29.8 Å². The van der Waals surface area contributed by atoms with Crippen LogP contribution in [-0.2, 0) is 4.79 Å². The highest BCUT2D eigenvalue weighted by Gasteiger charge is 2.14. The Balaban J connectivity index is 2.53. The Hall–Kier alpha value is -1.00. The Labute approximate surface area is 119 Å². The van der Waals surface area contributed by atoms with Crippen molar-refractivity contribution in [3.05, 3.63) is 29.8 Å². The van der Waals surface area contributed by atoms with Crippen molar-refractivity contribution in [1.29, 1.82) is 0 Å². The second-order valence-corrected chi connectivity index (χ2v) is 6.07. The van der Waals surface area contributed by atoms with Gasteiger partial charge in [0.1, 0.15) is 0 Å². The van der Waals surface area contributed by atoms with Crippen molar-refractivity contribution < 1.29 is 9.90 Å².